The Morgan fingerprint density at radius 2 is 1.79 bits per heavy atom. The Morgan fingerprint density at radius 1 is 1.03 bits per heavy atom. The van der Waals surface area contributed by atoms with Crippen molar-refractivity contribution in [3.63, 3.8) is 0 Å². The molecule has 6 rings (SSSR count). The Hall–Kier alpha value is -3.55. The van der Waals surface area contributed by atoms with Gasteiger partial charge in [0.25, 0.3) is 0 Å². The van der Waals surface area contributed by atoms with E-state index < -0.39 is 0 Å². The molecular formula is C31H31ClN4O2S. The molecule has 2 fully saturated rings. The van der Waals surface area contributed by atoms with E-state index in [1.807, 2.05) is 48.0 Å². The van der Waals surface area contributed by atoms with E-state index in [-0.39, 0.29) is 17.8 Å². The molecule has 0 unspecified atom stereocenters. The zero-order valence-electron chi connectivity index (χ0n) is 22.0. The number of benzene rings is 2. The van der Waals surface area contributed by atoms with E-state index in [2.05, 4.69) is 40.3 Å². The summed E-state index contributed by atoms with van der Waals surface area (Å²) in [5.41, 5.74) is 5.59. The zero-order chi connectivity index (χ0) is 27.1. The number of nitrogens with zero attached hydrogens (tertiary/aromatic N) is 3. The predicted molar refractivity (Wildman–Crippen MR) is 159 cm³/mol. The van der Waals surface area contributed by atoms with Crippen molar-refractivity contribution in [3.8, 4) is 17.2 Å². The highest BCUT2D eigenvalue weighted by Gasteiger charge is 2.42. The van der Waals surface area contributed by atoms with E-state index in [1.54, 1.807) is 18.2 Å². The number of nitrogens with one attached hydrogen (secondary N) is 1. The fraction of sp³-hybridized carbons (Fsp3) is 0.290. The van der Waals surface area contributed by atoms with Crippen LogP contribution in [0.3, 0.4) is 0 Å². The molecule has 0 radical (unpaired) electrons. The monoisotopic (exact) mass is 558 g/mol. The molecule has 2 aliphatic rings. The Bertz CT molecular complexity index is 1500. The van der Waals surface area contributed by atoms with Gasteiger partial charge in [-0.25, -0.2) is 0 Å². The second-order valence-corrected chi connectivity index (χ2v) is 11.1. The van der Waals surface area contributed by atoms with Crippen molar-refractivity contribution in [2.45, 2.75) is 57.7 Å². The molecular weight excluding hydrogens is 528 g/mol. The predicted octanol–water partition coefficient (Wildman–Crippen LogP) is 7.35. The maximum absolute atomic E-state index is 10.7. The van der Waals surface area contributed by atoms with Gasteiger partial charge in [0.15, 0.2) is 5.11 Å². The van der Waals surface area contributed by atoms with Crippen LogP contribution >= 0.6 is 23.8 Å². The van der Waals surface area contributed by atoms with Crippen LogP contribution in [0.5, 0.6) is 11.5 Å². The van der Waals surface area contributed by atoms with Crippen molar-refractivity contribution in [1.29, 1.82) is 0 Å². The molecule has 1 saturated carbocycles. The number of phenolic OH excluding ortho intramolecular Hbond substituents is 1. The maximum Gasteiger partial charge on any atom is 0.174 e. The molecule has 2 aromatic heterocycles. The molecule has 3 heterocycles. The smallest absolute Gasteiger partial charge is 0.174 e. The summed E-state index contributed by atoms with van der Waals surface area (Å²) in [7, 11) is 0. The normalized spacial score (nSPS) is 19.5. The molecule has 6 nitrogen and oxygen atoms in total. The standard InChI is InChI=1S/C31H31ClN4O2S/c1-19-17-25(20(2)35(19)27-18-21(32)10-15-28(27)37)30-29(26-9-5-6-16-33-26)34-31(39)36(30)22-11-13-24(14-12-22)38-23-7-3-4-8-23/h5-6,9-18,23,29-30,37H,3-4,7-8H2,1-2H3,(H,34,39)/t29-,30-/m1/s1. The van der Waals surface area contributed by atoms with Crippen LogP contribution in [0.15, 0.2) is 72.9 Å². The number of aromatic nitrogens is 2. The molecule has 0 spiro atoms. The zero-order valence-corrected chi connectivity index (χ0v) is 23.5. The molecule has 39 heavy (non-hydrogen) atoms. The summed E-state index contributed by atoms with van der Waals surface area (Å²) in [5, 5.41) is 15.4. The molecule has 4 aromatic rings. The molecule has 8 heteroatoms. The molecule has 2 N–H and O–H groups in total. The molecule has 0 bridgehead atoms. The van der Waals surface area contributed by atoms with E-state index in [0.29, 0.717) is 21.9 Å². The number of pyridine rings is 1. The van der Waals surface area contributed by atoms with Gasteiger partial charge < -0.3 is 24.6 Å². The van der Waals surface area contributed by atoms with Gasteiger partial charge >= 0.3 is 0 Å². The third-order valence-corrected chi connectivity index (χ3v) is 8.33. The number of anilines is 1. The minimum Gasteiger partial charge on any atom is -0.506 e. The van der Waals surface area contributed by atoms with Crippen LogP contribution < -0.4 is 15.0 Å². The summed E-state index contributed by atoms with van der Waals surface area (Å²) in [4.78, 5) is 6.84. The van der Waals surface area contributed by atoms with Crippen LogP contribution in [0.2, 0.25) is 5.02 Å². The van der Waals surface area contributed by atoms with E-state index in [0.717, 1.165) is 46.9 Å². The Morgan fingerprint density at radius 3 is 2.51 bits per heavy atom. The van der Waals surface area contributed by atoms with Gasteiger partial charge in [0.1, 0.15) is 11.5 Å². The highest BCUT2D eigenvalue weighted by molar-refractivity contribution is 7.80. The van der Waals surface area contributed by atoms with Gasteiger partial charge in [0, 0.05) is 28.3 Å². The number of aryl methyl sites for hydroxylation is 1. The lowest BCUT2D eigenvalue weighted by molar-refractivity contribution is 0.210. The number of rotatable bonds is 6. The topological polar surface area (TPSA) is 62.5 Å². The first-order chi connectivity index (χ1) is 18.9. The molecule has 1 aliphatic heterocycles. The molecule has 0 amide bonds. The average molecular weight is 559 g/mol. The Labute approximate surface area is 239 Å². The first-order valence-electron chi connectivity index (χ1n) is 13.4. The van der Waals surface area contributed by atoms with Crippen molar-refractivity contribution in [1.82, 2.24) is 14.9 Å². The number of hydrogen-bond acceptors (Lipinski definition) is 4. The van der Waals surface area contributed by atoms with Gasteiger partial charge in [-0.3, -0.25) is 4.98 Å². The number of hydrogen-bond donors (Lipinski definition) is 2. The summed E-state index contributed by atoms with van der Waals surface area (Å²) in [6.45, 7) is 4.10. The van der Waals surface area contributed by atoms with E-state index in [1.165, 1.54) is 12.8 Å². The first kappa shape index (κ1) is 25.7. The van der Waals surface area contributed by atoms with Crippen molar-refractivity contribution < 1.29 is 9.84 Å². The third-order valence-electron chi connectivity index (χ3n) is 7.79. The minimum absolute atomic E-state index is 0.170. The van der Waals surface area contributed by atoms with Gasteiger partial charge in [0.05, 0.1) is 29.6 Å². The molecule has 2 aromatic carbocycles. The molecule has 1 saturated heterocycles. The summed E-state index contributed by atoms with van der Waals surface area (Å²) in [6.07, 6.45) is 6.82. The van der Waals surface area contributed by atoms with Gasteiger partial charge in [-0.05, 0) is 118 Å². The van der Waals surface area contributed by atoms with Crippen molar-refractivity contribution in [2.75, 3.05) is 4.90 Å². The lowest BCUT2D eigenvalue weighted by Gasteiger charge is -2.28. The van der Waals surface area contributed by atoms with Crippen LogP contribution in [0.25, 0.3) is 5.69 Å². The van der Waals surface area contributed by atoms with Gasteiger partial charge in [-0.15, -0.1) is 0 Å². The number of ether oxygens (including phenoxy) is 1. The van der Waals surface area contributed by atoms with Crippen molar-refractivity contribution in [3.05, 3.63) is 101 Å². The Balaban J connectivity index is 1.43. The second-order valence-electron chi connectivity index (χ2n) is 10.3. The van der Waals surface area contributed by atoms with Crippen LogP contribution in [-0.4, -0.2) is 25.9 Å². The summed E-state index contributed by atoms with van der Waals surface area (Å²) in [6, 6.07) is 21.1. The number of phenols is 1. The first-order valence-corrected chi connectivity index (χ1v) is 14.1. The summed E-state index contributed by atoms with van der Waals surface area (Å²) >= 11 is 12.2. The highest BCUT2D eigenvalue weighted by atomic mass is 35.5. The third kappa shape index (κ3) is 4.85. The largest absolute Gasteiger partial charge is 0.506 e. The number of halogens is 1. The lowest BCUT2D eigenvalue weighted by atomic mass is 9.96. The van der Waals surface area contributed by atoms with Gasteiger partial charge in [-0.2, -0.15) is 0 Å². The molecule has 2 atom stereocenters. The van der Waals surface area contributed by atoms with Crippen molar-refractivity contribution >= 4 is 34.6 Å². The fourth-order valence-electron chi connectivity index (χ4n) is 5.97. The molecule has 1 aliphatic carbocycles. The van der Waals surface area contributed by atoms with Gasteiger partial charge in [0.2, 0.25) is 0 Å². The fourth-order valence-corrected chi connectivity index (χ4v) is 6.48. The minimum atomic E-state index is -0.171. The Kier molecular flexibility index (Phi) is 6.95. The number of thiocarbonyl (C=S) groups is 1. The van der Waals surface area contributed by atoms with Gasteiger partial charge in [-0.1, -0.05) is 17.7 Å². The van der Waals surface area contributed by atoms with E-state index in [9.17, 15) is 5.11 Å². The van der Waals surface area contributed by atoms with Crippen molar-refractivity contribution in [2.24, 2.45) is 0 Å². The van der Waals surface area contributed by atoms with Crippen LogP contribution in [0, 0.1) is 13.8 Å². The lowest BCUT2D eigenvalue weighted by Crippen LogP contribution is -2.29. The maximum atomic E-state index is 10.7. The average Bonchev–Trinajstić information content (AvgIpc) is 3.64. The SMILES string of the molecule is Cc1cc([C@@H]2[C@@H](c3ccccn3)NC(=S)N2c2ccc(OC3CCCC3)cc2)c(C)n1-c1cc(Cl)ccc1O. The second kappa shape index (κ2) is 10.5. The number of aromatic hydroxyl groups is 1. The van der Waals surface area contributed by atoms with E-state index in [4.69, 9.17) is 28.6 Å². The van der Waals surface area contributed by atoms with Crippen LogP contribution in [-0.2, 0) is 0 Å². The van der Waals surface area contributed by atoms with Crippen LogP contribution in [0.1, 0.15) is 60.4 Å². The van der Waals surface area contributed by atoms with E-state index >= 15 is 0 Å². The summed E-state index contributed by atoms with van der Waals surface area (Å²) < 4.78 is 8.26. The summed E-state index contributed by atoms with van der Waals surface area (Å²) in [5.74, 6) is 1.06. The highest BCUT2D eigenvalue weighted by Crippen LogP contribution is 2.44. The molecule has 200 valence electrons. The van der Waals surface area contributed by atoms with Crippen LogP contribution in [0.4, 0.5) is 5.69 Å². The quantitative estimate of drug-likeness (QED) is 0.241.